The van der Waals surface area contributed by atoms with Gasteiger partial charge in [-0.15, -0.1) is 0 Å². The second-order valence-corrected chi connectivity index (χ2v) is 5.18. The zero-order valence-electron chi connectivity index (χ0n) is 11.9. The Balaban J connectivity index is 2.30. The largest absolute Gasteiger partial charge is 0.481 e. The molecule has 1 rings (SSSR count). The van der Waals surface area contributed by atoms with Crippen molar-refractivity contribution in [1.29, 1.82) is 0 Å². The summed E-state index contributed by atoms with van der Waals surface area (Å²) < 4.78 is 5.45. The Labute approximate surface area is 114 Å². The van der Waals surface area contributed by atoms with Gasteiger partial charge in [-0.05, 0) is 33.1 Å². The fourth-order valence-electron chi connectivity index (χ4n) is 2.32. The standard InChI is InChI=1S/C13H24N2O4/c1-9(5-4-6-12(16)17)14-13(18)15(3)11-7-8-19-10(11)2/h9-11H,4-8H2,1-3H3,(H,14,18)(H,16,17). The molecule has 0 saturated carbocycles. The van der Waals surface area contributed by atoms with Crippen LogP contribution in [0, 0.1) is 0 Å². The Kier molecular flexibility index (Phi) is 6.08. The predicted octanol–water partition coefficient (Wildman–Crippen LogP) is 1.45. The van der Waals surface area contributed by atoms with E-state index in [0.29, 0.717) is 19.4 Å². The molecule has 0 aromatic rings. The maximum Gasteiger partial charge on any atom is 0.317 e. The van der Waals surface area contributed by atoms with Crippen molar-refractivity contribution in [3.05, 3.63) is 0 Å². The van der Waals surface area contributed by atoms with Gasteiger partial charge in [0.1, 0.15) is 0 Å². The first-order valence-electron chi connectivity index (χ1n) is 6.78. The van der Waals surface area contributed by atoms with E-state index < -0.39 is 5.97 Å². The zero-order chi connectivity index (χ0) is 14.4. The van der Waals surface area contributed by atoms with E-state index in [9.17, 15) is 9.59 Å². The summed E-state index contributed by atoms with van der Waals surface area (Å²) in [5.74, 6) is -0.799. The highest BCUT2D eigenvalue weighted by molar-refractivity contribution is 5.74. The van der Waals surface area contributed by atoms with Gasteiger partial charge in [0.2, 0.25) is 0 Å². The SMILES string of the molecule is CC(CCCC(=O)O)NC(=O)N(C)C1CCOC1C. The van der Waals surface area contributed by atoms with Crippen LogP contribution in [0.2, 0.25) is 0 Å². The molecule has 0 aromatic heterocycles. The lowest BCUT2D eigenvalue weighted by atomic mass is 10.1. The number of likely N-dealkylation sites (N-methyl/N-ethyl adjacent to an activating group) is 1. The average molecular weight is 272 g/mol. The number of ether oxygens (including phenoxy) is 1. The van der Waals surface area contributed by atoms with Gasteiger partial charge in [0.05, 0.1) is 12.1 Å². The summed E-state index contributed by atoms with van der Waals surface area (Å²) >= 11 is 0. The summed E-state index contributed by atoms with van der Waals surface area (Å²) in [6.45, 7) is 4.55. The lowest BCUT2D eigenvalue weighted by Gasteiger charge is -2.28. The molecule has 0 aromatic carbocycles. The molecule has 110 valence electrons. The number of hydrogen-bond donors (Lipinski definition) is 2. The van der Waals surface area contributed by atoms with Crippen molar-refractivity contribution in [1.82, 2.24) is 10.2 Å². The van der Waals surface area contributed by atoms with Gasteiger partial charge in [-0.1, -0.05) is 0 Å². The maximum atomic E-state index is 12.0. The normalized spacial score (nSPS) is 23.9. The molecular weight excluding hydrogens is 248 g/mol. The molecule has 0 spiro atoms. The summed E-state index contributed by atoms with van der Waals surface area (Å²) in [6.07, 6.45) is 2.31. The van der Waals surface area contributed by atoms with Gasteiger partial charge in [-0.2, -0.15) is 0 Å². The number of rotatable bonds is 6. The number of carboxylic acid groups (broad SMARTS) is 1. The maximum absolute atomic E-state index is 12.0. The molecule has 1 heterocycles. The number of carbonyl (C=O) groups excluding carboxylic acids is 1. The van der Waals surface area contributed by atoms with E-state index in [0.717, 1.165) is 6.42 Å². The molecule has 1 fully saturated rings. The van der Waals surface area contributed by atoms with Crippen molar-refractivity contribution >= 4 is 12.0 Å². The molecule has 3 atom stereocenters. The molecule has 3 unspecified atom stereocenters. The molecule has 2 amide bonds. The molecule has 1 aliphatic rings. The third kappa shape index (κ3) is 5.06. The minimum Gasteiger partial charge on any atom is -0.481 e. The van der Waals surface area contributed by atoms with Crippen molar-refractivity contribution in [2.45, 2.75) is 57.7 Å². The van der Waals surface area contributed by atoms with Crippen LogP contribution in [0.1, 0.15) is 39.5 Å². The fourth-order valence-corrected chi connectivity index (χ4v) is 2.32. The summed E-state index contributed by atoms with van der Waals surface area (Å²) in [7, 11) is 1.77. The quantitative estimate of drug-likeness (QED) is 0.767. The number of urea groups is 1. The summed E-state index contributed by atoms with van der Waals surface area (Å²) in [5, 5.41) is 11.4. The van der Waals surface area contributed by atoms with Crippen LogP contribution in [0.3, 0.4) is 0 Å². The number of carboxylic acids is 1. The minimum absolute atomic E-state index is 0.0214. The smallest absolute Gasteiger partial charge is 0.317 e. The van der Waals surface area contributed by atoms with Crippen LogP contribution < -0.4 is 5.32 Å². The monoisotopic (exact) mass is 272 g/mol. The fraction of sp³-hybridized carbons (Fsp3) is 0.846. The predicted molar refractivity (Wildman–Crippen MR) is 71.1 cm³/mol. The van der Waals surface area contributed by atoms with Gasteiger partial charge >= 0.3 is 12.0 Å². The van der Waals surface area contributed by atoms with Crippen LogP contribution in [0.4, 0.5) is 4.79 Å². The Bertz CT molecular complexity index is 322. The van der Waals surface area contributed by atoms with Crippen LogP contribution in [-0.2, 0) is 9.53 Å². The van der Waals surface area contributed by atoms with E-state index >= 15 is 0 Å². The highest BCUT2D eigenvalue weighted by Gasteiger charge is 2.30. The van der Waals surface area contributed by atoms with Crippen LogP contribution in [0.25, 0.3) is 0 Å². The van der Waals surface area contributed by atoms with E-state index in [-0.39, 0.29) is 30.6 Å². The molecule has 1 saturated heterocycles. The molecule has 19 heavy (non-hydrogen) atoms. The molecule has 0 bridgehead atoms. The van der Waals surface area contributed by atoms with Gasteiger partial charge in [0.15, 0.2) is 0 Å². The number of amides is 2. The molecule has 0 radical (unpaired) electrons. The zero-order valence-corrected chi connectivity index (χ0v) is 11.9. The number of nitrogens with one attached hydrogen (secondary N) is 1. The van der Waals surface area contributed by atoms with Crippen molar-refractivity contribution < 1.29 is 19.4 Å². The van der Waals surface area contributed by atoms with E-state index in [4.69, 9.17) is 9.84 Å². The molecule has 6 heteroatoms. The van der Waals surface area contributed by atoms with Gasteiger partial charge in [0, 0.05) is 26.1 Å². The second-order valence-electron chi connectivity index (χ2n) is 5.18. The molecule has 6 nitrogen and oxygen atoms in total. The van der Waals surface area contributed by atoms with Crippen LogP contribution in [0.15, 0.2) is 0 Å². The average Bonchev–Trinajstić information content (AvgIpc) is 2.73. The lowest BCUT2D eigenvalue weighted by Crippen LogP contribution is -2.48. The first-order chi connectivity index (χ1) is 8.91. The van der Waals surface area contributed by atoms with Crippen LogP contribution >= 0.6 is 0 Å². The number of aliphatic carboxylic acids is 1. The van der Waals surface area contributed by atoms with Crippen LogP contribution in [-0.4, -0.2) is 53.8 Å². The lowest BCUT2D eigenvalue weighted by molar-refractivity contribution is -0.137. The van der Waals surface area contributed by atoms with Crippen molar-refractivity contribution in [2.24, 2.45) is 0 Å². The van der Waals surface area contributed by atoms with Gasteiger partial charge in [-0.3, -0.25) is 4.79 Å². The third-order valence-electron chi connectivity index (χ3n) is 3.55. The number of hydrogen-bond acceptors (Lipinski definition) is 3. The molecule has 1 aliphatic heterocycles. The molecular formula is C13H24N2O4. The summed E-state index contributed by atoms with van der Waals surface area (Å²) in [5.41, 5.74) is 0. The Morgan fingerprint density at radius 1 is 1.53 bits per heavy atom. The van der Waals surface area contributed by atoms with E-state index in [1.807, 2.05) is 13.8 Å². The molecule has 0 aliphatic carbocycles. The third-order valence-corrected chi connectivity index (χ3v) is 3.55. The van der Waals surface area contributed by atoms with Crippen molar-refractivity contribution in [2.75, 3.05) is 13.7 Å². The molecule has 2 N–H and O–H groups in total. The highest BCUT2D eigenvalue weighted by atomic mass is 16.5. The number of carbonyl (C=O) groups is 2. The first kappa shape index (κ1) is 15.8. The topological polar surface area (TPSA) is 78.9 Å². The summed E-state index contributed by atoms with van der Waals surface area (Å²) in [4.78, 5) is 24.1. The minimum atomic E-state index is -0.799. The van der Waals surface area contributed by atoms with E-state index in [2.05, 4.69) is 5.32 Å². The van der Waals surface area contributed by atoms with Gasteiger partial charge in [-0.25, -0.2) is 4.79 Å². The highest BCUT2D eigenvalue weighted by Crippen LogP contribution is 2.18. The van der Waals surface area contributed by atoms with E-state index in [1.54, 1.807) is 11.9 Å². The van der Waals surface area contributed by atoms with Gasteiger partial charge < -0.3 is 20.1 Å². The van der Waals surface area contributed by atoms with Crippen LogP contribution in [0.5, 0.6) is 0 Å². The first-order valence-corrected chi connectivity index (χ1v) is 6.78. The second kappa shape index (κ2) is 7.33. The van der Waals surface area contributed by atoms with E-state index in [1.165, 1.54) is 0 Å². The number of nitrogens with zero attached hydrogens (tertiary/aromatic N) is 1. The Morgan fingerprint density at radius 3 is 2.74 bits per heavy atom. The van der Waals surface area contributed by atoms with Gasteiger partial charge in [0.25, 0.3) is 0 Å². The summed E-state index contributed by atoms with van der Waals surface area (Å²) in [6, 6.07) is -0.0247. The van der Waals surface area contributed by atoms with Crippen molar-refractivity contribution in [3.63, 3.8) is 0 Å². The van der Waals surface area contributed by atoms with Crippen molar-refractivity contribution in [3.8, 4) is 0 Å². The Morgan fingerprint density at radius 2 is 2.21 bits per heavy atom. The Hall–Kier alpha value is -1.30.